The summed E-state index contributed by atoms with van der Waals surface area (Å²) in [5, 5.41) is 0. The molecule has 1 saturated carbocycles. The lowest BCUT2D eigenvalue weighted by molar-refractivity contribution is 0.264. The van der Waals surface area contributed by atoms with Gasteiger partial charge in [-0.2, -0.15) is 0 Å². The van der Waals surface area contributed by atoms with Crippen molar-refractivity contribution in [2.75, 3.05) is 0 Å². The highest BCUT2D eigenvalue weighted by molar-refractivity contribution is 4.83. The standard InChI is InChI=1S/C12H24/c1-5-6-11-7-8-12(9(2)3)10(11)4/h9-12H,5-8H2,1-4H3. The highest BCUT2D eigenvalue weighted by atomic mass is 14.4. The van der Waals surface area contributed by atoms with E-state index in [9.17, 15) is 0 Å². The van der Waals surface area contributed by atoms with E-state index >= 15 is 0 Å². The van der Waals surface area contributed by atoms with E-state index in [0.29, 0.717) is 0 Å². The van der Waals surface area contributed by atoms with Crippen LogP contribution in [0.3, 0.4) is 0 Å². The molecule has 72 valence electrons. The van der Waals surface area contributed by atoms with Crippen LogP contribution in [0.25, 0.3) is 0 Å². The van der Waals surface area contributed by atoms with E-state index < -0.39 is 0 Å². The molecule has 0 aliphatic heterocycles. The molecular weight excluding hydrogens is 144 g/mol. The van der Waals surface area contributed by atoms with Crippen molar-refractivity contribution in [3.8, 4) is 0 Å². The molecular formula is C12H24. The lowest BCUT2D eigenvalue weighted by atomic mass is 9.83. The smallest absolute Gasteiger partial charge is 0.0363 e. The second-order valence-electron chi connectivity index (χ2n) is 4.89. The van der Waals surface area contributed by atoms with Crippen LogP contribution < -0.4 is 0 Å². The van der Waals surface area contributed by atoms with Gasteiger partial charge in [-0.15, -0.1) is 0 Å². The van der Waals surface area contributed by atoms with Crippen molar-refractivity contribution in [1.82, 2.24) is 0 Å². The fourth-order valence-electron chi connectivity index (χ4n) is 3.00. The second-order valence-corrected chi connectivity index (χ2v) is 4.89. The average Bonchev–Trinajstić information content (AvgIpc) is 2.34. The van der Waals surface area contributed by atoms with Crippen molar-refractivity contribution in [2.45, 2.75) is 53.4 Å². The van der Waals surface area contributed by atoms with Crippen LogP contribution in [0.1, 0.15) is 53.4 Å². The number of rotatable bonds is 3. The maximum Gasteiger partial charge on any atom is -0.0363 e. The van der Waals surface area contributed by atoms with Gasteiger partial charge in [0.15, 0.2) is 0 Å². The summed E-state index contributed by atoms with van der Waals surface area (Å²) in [6, 6.07) is 0. The van der Waals surface area contributed by atoms with Gasteiger partial charge in [-0.1, -0.05) is 40.5 Å². The van der Waals surface area contributed by atoms with Crippen molar-refractivity contribution < 1.29 is 0 Å². The highest BCUT2D eigenvalue weighted by Gasteiger charge is 2.33. The lowest BCUT2D eigenvalue weighted by Crippen LogP contribution is -2.15. The Morgan fingerprint density at radius 2 is 1.92 bits per heavy atom. The van der Waals surface area contributed by atoms with Crippen LogP contribution in [-0.4, -0.2) is 0 Å². The Hall–Kier alpha value is 0. The zero-order valence-corrected chi connectivity index (χ0v) is 9.14. The second kappa shape index (κ2) is 4.30. The molecule has 0 saturated heterocycles. The van der Waals surface area contributed by atoms with Gasteiger partial charge in [0.05, 0.1) is 0 Å². The van der Waals surface area contributed by atoms with Crippen molar-refractivity contribution in [2.24, 2.45) is 23.7 Å². The largest absolute Gasteiger partial charge is 0.0654 e. The first-order valence-electron chi connectivity index (χ1n) is 5.66. The van der Waals surface area contributed by atoms with E-state index in [4.69, 9.17) is 0 Å². The third kappa shape index (κ3) is 2.02. The first-order valence-corrected chi connectivity index (χ1v) is 5.66. The van der Waals surface area contributed by atoms with Gasteiger partial charge < -0.3 is 0 Å². The normalized spacial score (nSPS) is 36.2. The Kier molecular flexibility index (Phi) is 3.61. The van der Waals surface area contributed by atoms with Crippen molar-refractivity contribution in [1.29, 1.82) is 0 Å². The van der Waals surface area contributed by atoms with Crippen LogP contribution in [0, 0.1) is 23.7 Å². The molecule has 3 atom stereocenters. The topological polar surface area (TPSA) is 0 Å². The van der Waals surface area contributed by atoms with E-state index in [0.717, 1.165) is 23.7 Å². The molecule has 0 nitrogen and oxygen atoms in total. The Balaban J connectivity index is 2.43. The fourth-order valence-corrected chi connectivity index (χ4v) is 3.00. The quantitative estimate of drug-likeness (QED) is 0.595. The van der Waals surface area contributed by atoms with Gasteiger partial charge in [0.2, 0.25) is 0 Å². The highest BCUT2D eigenvalue weighted by Crippen LogP contribution is 2.42. The summed E-state index contributed by atoms with van der Waals surface area (Å²) in [7, 11) is 0. The maximum atomic E-state index is 2.47. The zero-order chi connectivity index (χ0) is 9.14. The summed E-state index contributed by atoms with van der Waals surface area (Å²) < 4.78 is 0. The van der Waals surface area contributed by atoms with Crippen molar-refractivity contribution in [3.63, 3.8) is 0 Å². The molecule has 1 aliphatic rings. The predicted molar refractivity (Wildman–Crippen MR) is 55.1 cm³/mol. The molecule has 12 heavy (non-hydrogen) atoms. The fraction of sp³-hybridized carbons (Fsp3) is 1.00. The van der Waals surface area contributed by atoms with E-state index in [2.05, 4.69) is 27.7 Å². The molecule has 0 aromatic heterocycles. The molecule has 1 fully saturated rings. The molecule has 0 heteroatoms. The van der Waals surface area contributed by atoms with Crippen LogP contribution in [0.15, 0.2) is 0 Å². The first-order chi connectivity index (χ1) is 5.66. The third-order valence-electron chi connectivity index (χ3n) is 3.81. The molecule has 1 aliphatic carbocycles. The van der Waals surface area contributed by atoms with Crippen LogP contribution in [0.2, 0.25) is 0 Å². The van der Waals surface area contributed by atoms with E-state index in [-0.39, 0.29) is 0 Å². The van der Waals surface area contributed by atoms with E-state index in [1.165, 1.54) is 25.7 Å². The van der Waals surface area contributed by atoms with Crippen molar-refractivity contribution >= 4 is 0 Å². The predicted octanol–water partition coefficient (Wildman–Crippen LogP) is 4.10. The summed E-state index contributed by atoms with van der Waals surface area (Å²) in [6.45, 7) is 9.55. The molecule has 0 spiro atoms. The number of hydrogen-bond acceptors (Lipinski definition) is 0. The summed E-state index contributed by atoms with van der Waals surface area (Å²) >= 11 is 0. The van der Waals surface area contributed by atoms with Crippen molar-refractivity contribution in [3.05, 3.63) is 0 Å². The minimum atomic E-state index is 0.904. The molecule has 0 amide bonds. The van der Waals surface area contributed by atoms with Gasteiger partial charge in [0.1, 0.15) is 0 Å². The maximum absolute atomic E-state index is 2.47. The SMILES string of the molecule is CCCC1CCC(C(C)C)C1C. The monoisotopic (exact) mass is 168 g/mol. The van der Waals surface area contributed by atoms with E-state index in [1.54, 1.807) is 0 Å². The molecule has 0 aromatic carbocycles. The molecule has 3 unspecified atom stereocenters. The summed E-state index contributed by atoms with van der Waals surface area (Å²) in [5.74, 6) is 3.95. The molecule has 0 radical (unpaired) electrons. The van der Waals surface area contributed by atoms with Gasteiger partial charge in [-0.25, -0.2) is 0 Å². The van der Waals surface area contributed by atoms with E-state index in [1.807, 2.05) is 0 Å². The minimum Gasteiger partial charge on any atom is -0.0654 e. The van der Waals surface area contributed by atoms with Gasteiger partial charge in [-0.05, 0) is 36.5 Å². The average molecular weight is 168 g/mol. The van der Waals surface area contributed by atoms with Crippen LogP contribution in [0.5, 0.6) is 0 Å². The van der Waals surface area contributed by atoms with Gasteiger partial charge in [0.25, 0.3) is 0 Å². The summed E-state index contributed by atoms with van der Waals surface area (Å²) in [4.78, 5) is 0. The number of hydrogen-bond donors (Lipinski definition) is 0. The van der Waals surface area contributed by atoms with Gasteiger partial charge in [0, 0.05) is 0 Å². The van der Waals surface area contributed by atoms with Gasteiger partial charge >= 0.3 is 0 Å². The molecule has 0 N–H and O–H groups in total. The molecule has 0 heterocycles. The lowest BCUT2D eigenvalue weighted by Gasteiger charge is -2.23. The molecule has 0 aromatic rings. The van der Waals surface area contributed by atoms with Crippen LogP contribution >= 0.6 is 0 Å². The zero-order valence-electron chi connectivity index (χ0n) is 9.14. The van der Waals surface area contributed by atoms with Gasteiger partial charge in [-0.3, -0.25) is 0 Å². The Labute approximate surface area is 77.7 Å². The Bertz CT molecular complexity index is 126. The minimum absolute atomic E-state index is 0.904. The summed E-state index contributed by atoms with van der Waals surface area (Å²) in [5.41, 5.74) is 0. The molecule has 0 bridgehead atoms. The van der Waals surface area contributed by atoms with Crippen LogP contribution in [0.4, 0.5) is 0 Å². The Morgan fingerprint density at radius 3 is 2.33 bits per heavy atom. The third-order valence-corrected chi connectivity index (χ3v) is 3.81. The first kappa shape index (κ1) is 10.1. The Morgan fingerprint density at radius 1 is 1.25 bits per heavy atom. The molecule has 1 rings (SSSR count). The van der Waals surface area contributed by atoms with Crippen LogP contribution in [-0.2, 0) is 0 Å². The summed E-state index contributed by atoms with van der Waals surface area (Å²) in [6.07, 6.45) is 5.82.